The fourth-order valence-electron chi connectivity index (χ4n) is 4.91. The van der Waals surface area contributed by atoms with E-state index in [2.05, 4.69) is 21.8 Å². The smallest absolute Gasteiger partial charge is 0.382 e. The molecule has 1 aliphatic rings. The Morgan fingerprint density at radius 3 is 2.52 bits per heavy atom. The molecule has 208 valence electrons. The minimum Gasteiger partial charge on any atom is -0.382 e. The second kappa shape index (κ2) is 11.4. The highest BCUT2D eigenvalue weighted by molar-refractivity contribution is 7.18. The number of Topliss-reactive ketones (excluding diaryl/α,β-unsaturated/α-hetero) is 1. The molecule has 1 fully saturated rings. The summed E-state index contributed by atoms with van der Waals surface area (Å²) < 4.78 is 42.1. The number of piperazine rings is 1. The first-order chi connectivity index (χ1) is 19.1. The van der Waals surface area contributed by atoms with Crippen LogP contribution in [0.1, 0.15) is 45.1 Å². The minimum absolute atomic E-state index is 0.122. The van der Waals surface area contributed by atoms with Crippen LogP contribution in [0.4, 0.5) is 24.7 Å². The third-order valence-electron chi connectivity index (χ3n) is 7.31. The van der Waals surface area contributed by atoms with Crippen LogP contribution in [-0.4, -0.2) is 53.4 Å². The third kappa shape index (κ3) is 6.03. The van der Waals surface area contributed by atoms with Crippen LogP contribution in [-0.2, 0) is 12.6 Å². The number of aromatic nitrogens is 2. The highest BCUT2D eigenvalue weighted by atomic mass is 32.1. The lowest BCUT2D eigenvalue weighted by Crippen LogP contribution is -2.46. The van der Waals surface area contributed by atoms with Gasteiger partial charge in [0.15, 0.2) is 5.78 Å². The zero-order valence-corrected chi connectivity index (χ0v) is 23.1. The summed E-state index contributed by atoms with van der Waals surface area (Å²) in [5, 5.41) is 1.95. The van der Waals surface area contributed by atoms with Crippen LogP contribution in [0.25, 0.3) is 22.4 Å². The van der Waals surface area contributed by atoms with E-state index >= 15 is 0 Å². The van der Waals surface area contributed by atoms with Crippen LogP contribution in [0.2, 0.25) is 0 Å². The number of carbonyl (C=O) groups is 1. The van der Waals surface area contributed by atoms with Crippen molar-refractivity contribution in [2.75, 3.05) is 43.4 Å². The lowest BCUT2D eigenvalue weighted by Gasteiger charge is -2.36. The van der Waals surface area contributed by atoms with Crippen molar-refractivity contribution >= 4 is 51.0 Å². The van der Waals surface area contributed by atoms with Gasteiger partial charge < -0.3 is 15.5 Å². The number of alkyl halides is 3. The molecule has 1 saturated heterocycles. The molecule has 6 nitrogen and oxygen atoms in total. The maximum atomic E-state index is 13.8. The predicted octanol–water partition coefficient (Wildman–Crippen LogP) is 6.34. The fraction of sp³-hybridized carbons (Fsp3) is 0.300. The molecule has 0 amide bonds. The summed E-state index contributed by atoms with van der Waals surface area (Å²) in [4.78, 5) is 25.9. The van der Waals surface area contributed by atoms with Gasteiger partial charge in [-0.1, -0.05) is 31.2 Å². The lowest BCUT2D eigenvalue weighted by atomic mass is 9.97. The van der Waals surface area contributed by atoms with Crippen LogP contribution >= 0.6 is 11.3 Å². The zero-order valence-electron chi connectivity index (χ0n) is 22.3. The molecule has 0 radical (unpaired) electrons. The summed E-state index contributed by atoms with van der Waals surface area (Å²) >= 11 is 1.46. The molecule has 0 bridgehead atoms. The predicted molar refractivity (Wildman–Crippen MR) is 156 cm³/mol. The number of likely N-dealkylation sites (N-methyl/N-ethyl adjacent to an activating group) is 1. The van der Waals surface area contributed by atoms with Crippen LogP contribution in [0, 0.1) is 6.92 Å². The highest BCUT2D eigenvalue weighted by Crippen LogP contribution is 2.34. The van der Waals surface area contributed by atoms with E-state index in [1.807, 2.05) is 35.4 Å². The summed E-state index contributed by atoms with van der Waals surface area (Å²) in [5.74, 6) is 0.191. The standard InChI is InChI=1S/C30H30F3N5OS/c1-3-37-8-10-38(11-9-37)25-13-20(12-24(16-25)30(31,32)33)14-26(39)22-5-4-19(2)21(15-22)6-7-23-17-40-28-27(23)35-18-36-29(28)34/h4-7,12-13,15-18H,3,8-11,14H2,1-2H3,(H2,34,35,36)/b7-6+. The first kappa shape index (κ1) is 27.8. The number of thiophene rings is 1. The molecule has 1 aliphatic heterocycles. The summed E-state index contributed by atoms with van der Waals surface area (Å²) in [7, 11) is 0. The normalized spacial score (nSPS) is 14.9. The Balaban J connectivity index is 1.39. The maximum absolute atomic E-state index is 13.8. The summed E-state index contributed by atoms with van der Waals surface area (Å²) in [6.07, 6.45) is 0.631. The van der Waals surface area contributed by atoms with Crippen LogP contribution in [0.5, 0.6) is 0 Å². The molecule has 0 saturated carbocycles. The van der Waals surface area contributed by atoms with Gasteiger partial charge >= 0.3 is 6.18 Å². The monoisotopic (exact) mass is 565 g/mol. The largest absolute Gasteiger partial charge is 0.416 e. The number of carbonyl (C=O) groups excluding carboxylic acids is 1. The van der Waals surface area contributed by atoms with Gasteiger partial charge in [0.05, 0.1) is 15.8 Å². The van der Waals surface area contributed by atoms with Gasteiger partial charge in [-0.25, -0.2) is 9.97 Å². The number of aryl methyl sites for hydroxylation is 1. The zero-order chi connectivity index (χ0) is 28.4. The number of halogens is 3. The summed E-state index contributed by atoms with van der Waals surface area (Å²) in [6, 6.07) is 9.36. The van der Waals surface area contributed by atoms with Gasteiger partial charge in [0, 0.05) is 54.8 Å². The third-order valence-corrected chi connectivity index (χ3v) is 8.32. The molecule has 0 spiro atoms. The number of anilines is 2. The van der Waals surface area contributed by atoms with E-state index in [0.717, 1.165) is 52.6 Å². The van der Waals surface area contributed by atoms with Gasteiger partial charge in [0.2, 0.25) is 0 Å². The number of rotatable bonds is 7. The van der Waals surface area contributed by atoms with Crippen molar-refractivity contribution in [3.8, 4) is 0 Å². The molecular weight excluding hydrogens is 535 g/mol. The Morgan fingerprint density at radius 1 is 1.05 bits per heavy atom. The topological polar surface area (TPSA) is 75.3 Å². The Kier molecular flexibility index (Phi) is 7.91. The van der Waals surface area contributed by atoms with Crippen molar-refractivity contribution in [1.29, 1.82) is 0 Å². The van der Waals surface area contributed by atoms with Gasteiger partial charge in [-0.2, -0.15) is 13.2 Å². The first-order valence-electron chi connectivity index (χ1n) is 13.1. The number of ketones is 1. The van der Waals surface area contributed by atoms with Gasteiger partial charge in [-0.15, -0.1) is 11.3 Å². The van der Waals surface area contributed by atoms with Crippen molar-refractivity contribution < 1.29 is 18.0 Å². The van der Waals surface area contributed by atoms with E-state index in [4.69, 9.17) is 5.73 Å². The Bertz CT molecular complexity index is 1570. The number of nitrogen functional groups attached to an aromatic ring is 1. The quantitative estimate of drug-likeness (QED) is 0.264. The van der Waals surface area contributed by atoms with Crippen molar-refractivity contribution in [3.63, 3.8) is 0 Å². The number of fused-ring (bicyclic) bond motifs is 1. The lowest BCUT2D eigenvalue weighted by molar-refractivity contribution is -0.137. The molecule has 2 N–H and O–H groups in total. The molecule has 40 heavy (non-hydrogen) atoms. The van der Waals surface area contributed by atoms with Gasteiger partial charge in [-0.3, -0.25) is 4.79 Å². The molecule has 2 aromatic heterocycles. The van der Waals surface area contributed by atoms with E-state index < -0.39 is 11.7 Å². The first-order valence-corrected chi connectivity index (χ1v) is 14.0. The maximum Gasteiger partial charge on any atom is 0.416 e. The van der Waals surface area contributed by atoms with Crippen LogP contribution in [0.15, 0.2) is 48.1 Å². The van der Waals surface area contributed by atoms with Crippen molar-refractivity contribution in [2.24, 2.45) is 0 Å². The van der Waals surface area contributed by atoms with Crippen LogP contribution in [0.3, 0.4) is 0 Å². The number of nitrogens with zero attached hydrogens (tertiary/aromatic N) is 4. The van der Waals surface area contributed by atoms with E-state index in [9.17, 15) is 18.0 Å². The number of benzene rings is 2. The van der Waals surface area contributed by atoms with Gasteiger partial charge in [0.1, 0.15) is 12.1 Å². The van der Waals surface area contributed by atoms with Crippen molar-refractivity contribution in [1.82, 2.24) is 14.9 Å². The molecule has 3 heterocycles. The SMILES string of the molecule is CCN1CCN(c2cc(CC(=O)c3ccc(C)c(/C=C/c4csc5c(N)ncnc45)c3)cc(C(F)(F)F)c2)CC1. The number of nitrogens with two attached hydrogens (primary N) is 1. The summed E-state index contributed by atoms with van der Waals surface area (Å²) in [5.41, 5.74) is 9.98. The molecule has 0 atom stereocenters. The van der Waals surface area contributed by atoms with E-state index in [0.29, 0.717) is 35.7 Å². The fourth-order valence-corrected chi connectivity index (χ4v) is 5.80. The average molecular weight is 566 g/mol. The second-order valence-corrected chi connectivity index (χ2v) is 10.8. The Morgan fingerprint density at radius 2 is 1.80 bits per heavy atom. The van der Waals surface area contributed by atoms with E-state index in [1.54, 1.807) is 18.2 Å². The number of hydrogen-bond donors (Lipinski definition) is 1. The molecule has 0 aliphatic carbocycles. The highest BCUT2D eigenvalue weighted by Gasteiger charge is 2.32. The summed E-state index contributed by atoms with van der Waals surface area (Å²) in [6.45, 7) is 7.81. The van der Waals surface area contributed by atoms with Crippen LogP contribution < -0.4 is 10.6 Å². The minimum atomic E-state index is -4.50. The van der Waals surface area contributed by atoms with E-state index in [-0.39, 0.29) is 12.2 Å². The molecule has 2 aromatic carbocycles. The van der Waals surface area contributed by atoms with Crippen molar-refractivity contribution in [3.05, 3.63) is 81.5 Å². The average Bonchev–Trinajstić information content (AvgIpc) is 3.36. The molecule has 10 heteroatoms. The molecule has 4 aromatic rings. The second-order valence-electron chi connectivity index (χ2n) is 9.94. The molecular formula is C30H30F3N5OS. The van der Waals surface area contributed by atoms with Gasteiger partial charge in [0.25, 0.3) is 0 Å². The van der Waals surface area contributed by atoms with Gasteiger partial charge in [-0.05, 0) is 54.4 Å². The molecule has 0 unspecified atom stereocenters. The van der Waals surface area contributed by atoms with E-state index in [1.165, 1.54) is 23.7 Å². The Labute approximate surface area is 235 Å². The molecule has 5 rings (SSSR count). The Hall–Kier alpha value is -3.76. The van der Waals surface area contributed by atoms with Crippen molar-refractivity contribution in [2.45, 2.75) is 26.4 Å². The number of hydrogen-bond acceptors (Lipinski definition) is 7.